The van der Waals surface area contributed by atoms with Gasteiger partial charge in [0.05, 0.1) is 11.6 Å². The van der Waals surface area contributed by atoms with Crippen molar-refractivity contribution in [3.8, 4) is 0 Å². The molecular weight excluding hydrogens is 236 g/mol. The van der Waals surface area contributed by atoms with Crippen LogP contribution in [0.2, 0.25) is 5.02 Å². The maximum atomic E-state index is 9.38. The zero-order valence-corrected chi connectivity index (χ0v) is 11.0. The van der Waals surface area contributed by atoms with Crippen LogP contribution in [0.15, 0.2) is 12.3 Å². The maximum absolute atomic E-state index is 9.38. The summed E-state index contributed by atoms with van der Waals surface area (Å²) in [7, 11) is 0. The van der Waals surface area contributed by atoms with Crippen LogP contribution >= 0.6 is 11.6 Å². The predicted octanol–water partition coefficient (Wildman–Crippen LogP) is 2.85. The molecule has 1 aliphatic rings. The van der Waals surface area contributed by atoms with Gasteiger partial charge in [0.2, 0.25) is 0 Å². The van der Waals surface area contributed by atoms with Gasteiger partial charge in [0.1, 0.15) is 5.82 Å². The average molecular weight is 255 g/mol. The second-order valence-electron chi connectivity index (χ2n) is 4.68. The first kappa shape index (κ1) is 12.7. The van der Waals surface area contributed by atoms with E-state index >= 15 is 0 Å². The van der Waals surface area contributed by atoms with Crippen molar-refractivity contribution in [1.82, 2.24) is 4.98 Å². The minimum absolute atomic E-state index is 0.00618. The second kappa shape index (κ2) is 5.69. The number of nitrogens with zero attached hydrogens (tertiary/aromatic N) is 2. The molecule has 94 valence electrons. The molecule has 0 amide bonds. The lowest BCUT2D eigenvalue weighted by atomic mass is 10.2. The normalized spacial score (nSPS) is 15.0. The van der Waals surface area contributed by atoms with Gasteiger partial charge in [-0.3, -0.25) is 0 Å². The Morgan fingerprint density at radius 2 is 2.29 bits per heavy atom. The molecule has 1 aliphatic carbocycles. The fourth-order valence-electron chi connectivity index (χ4n) is 2.04. The van der Waals surface area contributed by atoms with E-state index < -0.39 is 0 Å². The summed E-state index contributed by atoms with van der Waals surface area (Å²) >= 11 is 5.90. The highest BCUT2D eigenvalue weighted by Gasteiger charge is 2.25. The number of aromatic nitrogens is 1. The molecule has 0 spiro atoms. The lowest BCUT2D eigenvalue weighted by molar-refractivity contribution is 0.281. The van der Waals surface area contributed by atoms with E-state index in [1.807, 2.05) is 0 Å². The molecule has 0 atom stereocenters. The summed E-state index contributed by atoms with van der Waals surface area (Å²) in [5.41, 5.74) is 0.826. The van der Waals surface area contributed by atoms with E-state index in [0.29, 0.717) is 5.02 Å². The van der Waals surface area contributed by atoms with Crippen molar-refractivity contribution >= 4 is 17.4 Å². The van der Waals surface area contributed by atoms with Crippen LogP contribution in [0.25, 0.3) is 0 Å². The van der Waals surface area contributed by atoms with Gasteiger partial charge in [0, 0.05) is 24.8 Å². The number of anilines is 1. The van der Waals surface area contributed by atoms with Crippen molar-refractivity contribution < 1.29 is 5.11 Å². The second-order valence-corrected chi connectivity index (χ2v) is 5.12. The maximum Gasteiger partial charge on any atom is 0.134 e. The van der Waals surface area contributed by atoms with Gasteiger partial charge in [0.25, 0.3) is 0 Å². The summed E-state index contributed by atoms with van der Waals surface area (Å²) in [6, 6.07) is 1.81. The lowest BCUT2D eigenvalue weighted by Crippen LogP contribution is -2.28. The fourth-order valence-corrected chi connectivity index (χ4v) is 2.22. The monoisotopic (exact) mass is 254 g/mol. The van der Waals surface area contributed by atoms with Gasteiger partial charge in [-0.2, -0.15) is 0 Å². The average Bonchev–Trinajstić information content (AvgIpc) is 3.12. The van der Waals surface area contributed by atoms with Gasteiger partial charge in [-0.1, -0.05) is 18.5 Å². The van der Waals surface area contributed by atoms with Crippen LogP contribution in [-0.2, 0) is 6.61 Å². The van der Waals surface area contributed by atoms with Crippen LogP contribution in [0.3, 0.4) is 0 Å². The van der Waals surface area contributed by atoms with E-state index in [4.69, 9.17) is 11.6 Å². The molecule has 0 radical (unpaired) electrons. The summed E-state index contributed by atoms with van der Waals surface area (Å²) < 4.78 is 0. The third-order valence-electron chi connectivity index (χ3n) is 3.05. The Kier molecular flexibility index (Phi) is 4.24. The van der Waals surface area contributed by atoms with Crippen LogP contribution in [0, 0.1) is 5.92 Å². The van der Waals surface area contributed by atoms with Crippen molar-refractivity contribution in [1.29, 1.82) is 0 Å². The van der Waals surface area contributed by atoms with Gasteiger partial charge in [-0.05, 0) is 31.2 Å². The van der Waals surface area contributed by atoms with Crippen LogP contribution in [0.4, 0.5) is 5.82 Å². The van der Waals surface area contributed by atoms with Crippen molar-refractivity contribution in [3.05, 3.63) is 22.8 Å². The Morgan fingerprint density at radius 1 is 1.53 bits per heavy atom. The smallest absolute Gasteiger partial charge is 0.134 e. The molecule has 3 nitrogen and oxygen atoms in total. The Labute approximate surface area is 107 Å². The zero-order valence-electron chi connectivity index (χ0n) is 10.2. The molecule has 1 saturated carbocycles. The summed E-state index contributed by atoms with van der Waals surface area (Å²) in [5, 5.41) is 9.97. The molecular formula is C13H19ClN2O. The molecule has 0 unspecified atom stereocenters. The summed E-state index contributed by atoms with van der Waals surface area (Å²) in [5.74, 6) is 1.70. The first-order valence-electron chi connectivity index (χ1n) is 6.24. The molecule has 0 saturated heterocycles. The molecule has 1 heterocycles. The van der Waals surface area contributed by atoms with Crippen LogP contribution in [-0.4, -0.2) is 23.2 Å². The molecule has 1 fully saturated rings. The highest BCUT2D eigenvalue weighted by atomic mass is 35.5. The number of hydrogen-bond donors (Lipinski definition) is 1. The van der Waals surface area contributed by atoms with E-state index in [2.05, 4.69) is 16.8 Å². The Bertz CT molecular complexity index is 380. The minimum atomic E-state index is -0.00618. The zero-order chi connectivity index (χ0) is 12.3. The standard InChI is InChI=1S/C13H19ClN2O/c1-2-5-16(8-10-3-4-10)13-11(9-17)6-12(14)7-15-13/h6-7,10,17H,2-5,8-9H2,1H3. The SMILES string of the molecule is CCCN(CC1CC1)c1ncc(Cl)cc1CO. The number of aliphatic hydroxyl groups excluding tert-OH is 1. The van der Waals surface area contributed by atoms with Gasteiger partial charge in [-0.25, -0.2) is 4.98 Å². The van der Waals surface area contributed by atoms with Crippen molar-refractivity contribution in [2.45, 2.75) is 32.8 Å². The van der Waals surface area contributed by atoms with Gasteiger partial charge in [0.15, 0.2) is 0 Å². The van der Waals surface area contributed by atoms with Gasteiger partial charge in [-0.15, -0.1) is 0 Å². The Hall–Kier alpha value is -0.800. The third kappa shape index (κ3) is 3.33. The molecule has 0 bridgehead atoms. The predicted molar refractivity (Wildman–Crippen MR) is 70.4 cm³/mol. The highest BCUT2D eigenvalue weighted by Crippen LogP contribution is 2.32. The molecule has 0 aromatic carbocycles. The van der Waals surface area contributed by atoms with Crippen LogP contribution in [0.5, 0.6) is 0 Å². The molecule has 1 N–H and O–H groups in total. The molecule has 17 heavy (non-hydrogen) atoms. The minimum Gasteiger partial charge on any atom is -0.392 e. The first-order chi connectivity index (χ1) is 8.24. The molecule has 1 aromatic heterocycles. The first-order valence-corrected chi connectivity index (χ1v) is 6.62. The Balaban J connectivity index is 2.20. The van der Waals surface area contributed by atoms with Crippen LogP contribution < -0.4 is 4.90 Å². The van der Waals surface area contributed by atoms with E-state index in [1.54, 1.807) is 12.3 Å². The van der Waals surface area contributed by atoms with E-state index in [-0.39, 0.29) is 6.61 Å². The van der Waals surface area contributed by atoms with Crippen molar-refractivity contribution in [3.63, 3.8) is 0 Å². The summed E-state index contributed by atoms with van der Waals surface area (Å²) in [6.07, 6.45) is 5.39. The Morgan fingerprint density at radius 3 is 2.88 bits per heavy atom. The van der Waals surface area contributed by atoms with Crippen molar-refractivity contribution in [2.75, 3.05) is 18.0 Å². The van der Waals surface area contributed by atoms with E-state index in [0.717, 1.165) is 36.8 Å². The summed E-state index contributed by atoms with van der Waals surface area (Å²) in [6.45, 7) is 4.19. The molecule has 2 rings (SSSR count). The molecule has 0 aliphatic heterocycles. The fraction of sp³-hybridized carbons (Fsp3) is 0.615. The van der Waals surface area contributed by atoms with Crippen molar-refractivity contribution in [2.24, 2.45) is 5.92 Å². The van der Waals surface area contributed by atoms with Gasteiger partial charge >= 0.3 is 0 Å². The number of pyridine rings is 1. The van der Waals surface area contributed by atoms with Gasteiger partial charge < -0.3 is 10.0 Å². The topological polar surface area (TPSA) is 36.4 Å². The van der Waals surface area contributed by atoms with E-state index in [1.165, 1.54) is 12.8 Å². The quantitative estimate of drug-likeness (QED) is 0.848. The number of halogens is 1. The van der Waals surface area contributed by atoms with Crippen LogP contribution in [0.1, 0.15) is 31.7 Å². The largest absolute Gasteiger partial charge is 0.392 e. The highest BCUT2D eigenvalue weighted by molar-refractivity contribution is 6.30. The van der Waals surface area contributed by atoms with E-state index in [9.17, 15) is 5.11 Å². The number of aliphatic hydroxyl groups is 1. The number of rotatable bonds is 6. The third-order valence-corrected chi connectivity index (χ3v) is 3.26. The lowest BCUT2D eigenvalue weighted by Gasteiger charge is -2.25. The molecule has 4 heteroatoms. The number of hydrogen-bond acceptors (Lipinski definition) is 3. The summed E-state index contributed by atoms with van der Waals surface area (Å²) in [4.78, 5) is 6.66. The molecule has 1 aromatic rings.